The number of rotatable bonds is 7. The summed E-state index contributed by atoms with van der Waals surface area (Å²) in [7, 11) is 0. The van der Waals surface area contributed by atoms with E-state index in [-0.39, 0.29) is 0 Å². The zero-order chi connectivity index (χ0) is 20.0. The Labute approximate surface area is 174 Å². The van der Waals surface area contributed by atoms with E-state index in [0.29, 0.717) is 6.61 Å². The van der Waals surface area contributed by atoms with Crippen LogP contribution in [0.2, 0.25) is 0 Å². The third-order valence-electron chi connectivity index (χ3n) is 5.55. The van der Waals surface area contributed by atoms with E-state index >= 15 is 0 Å². The van der Waals surface area contributed by atoms with Crippen LogP contribution >= 0.6 is 6.83 Å². The predicted molar refractivity (Wildman–Crippen MR) is 127 cm³/mol. The second-order valence-electron chi connectivity index (χ2n) is 7.21. The first-order valence-corrected chi connectivity index (χ1v) is 12.4. The van der Waals surface area contributed by atoms with Crippen molar-refractivity contribution < 1.29 is 4.52 Å². The Morgan fingerprint density at radius 2 is 0.759 bits per heavy atom. The minimum absolute atomic E-state index is 0.686. The van der Waals surface area contributed by atoms with Gasteiger partial charge in [-0.2, -0.15) is 0 Å². The molecule has 4 rings (SSSR count). The summed E-state index contributed by atoms with van der Waals surface area (Å²) >= 11 is 0. The standard InChI is InChI=1S/C27H27OP/c1-2-23-28-29(24-15-7-3-8-16-24,25-17-9-4-10-18-25,26-19-11-5-12-20-26)27-21-13-6-14-22-27/h3-22H,2,23H2,1H3. The van der Waals surface area contributed by atoms with Gasteiger partial charge in [0.1, 0.15) is 0 Å². The van der Waals surface area contributed by atoms with Crippen LogP contribution in [0.25, 0.3) is 0 Å². The van der Waals surface area contributed by atoms with Gasteiger partial charge in [-0.1, -0.05) is 0 Å². The van der Waals surface area contributed by atoms with Crippen molar-refractivity contribution in [1.29, 1.82) is 0 Å². The minimum atomic E-state index is -3.39. The van der Waals surface area contributed by atoms with E-state index in [1.165, 1.54) is 21.2 Å². The Morgan fingerprint density at radius 3 is 1.00 bits per heavy atom. The summed E-state index contributed by atoms with van der Waals surface area (Å²) in [5.74, 6) is 0. The van der Waals surface area contributed by atoms with Crippen molar-refractivity contribution in [2.45, 2.75) is 13.3 Å². The fourth-order valence-electron chi connectivity index (χ4n) is 4.32. The molecule has 0 atom stereocenters. The zero-order valence-corrected chi connectivity index (χ0v) is 17.7. The van der Waals surface area contributed by atoms with Gasteiger partial charge in [0.2, 0.25) is 0 Å². The van der Waals surface area contributed by atoms with E-state index in [4.69, 9.17) is 4.52 Å². The SMILES string of the molecule is CCCOP(c1ccccc1)(c1ccccc1)(c1ccccc1)c1ccccc1. The molecule has 0 radical (unpaired) electrons. The van der Waals surface area contributed by atoms with Crippen molar-refractivity contribution in [2.24, 2.45) is 0 Å². The molecule has 0 aliphatic heterocycles. The molecule has 0 amide bonds. The van der Waals surface area contributed by atoms with Crippen LogP contribution in [0.4, 0.5) is 0 Å². The van der Waals surface area contributed by atoms with E-state index in [9.17, 15) is 0 Å². The monoisotopic (exact) mass is 398 g/mol. The molecule has 0 unspecified atom stereocenters. The first kappa shape index (κ1) is 19.6. The molecule has 4 aromatic rings. The first-order chi connectivity index (χ1) is 14.3. The van der Waals surface area contributed by atoms with Crippen molar-refractivity contribution in [1.82, 2.24) is 0 Å². The van der Waals surface area contributed by atoms with Gasteiger partial charge >= 0.3 is 174 Å². The summed E-state index contributed by atoms with van der Waals surface area (Å²) in [5.41, 5.74) is 0. The summed E-state index contributed by atoms with van der Waals surface area (Å²) in [6.45, 7) is -0.530. The molecule has 29 heavy (non-hydrogen) atoms. The van der Waals surface area contributed by atoms with Crippen LogP contribution in [0, 0.1) is 0 Å². The predicted octanol–water partition coefficient (Wildman–Crippen LogP) is 5.18. The maximum atomic E-state index is 7.24. The van der Waals surface area contributed by atoms with Gasteiger partial charge in [-0.3, -0.25) is 0 Å². The fourth-order valence-corrected chi connectivity index (χ4v) is 10.2. The molecule has 0 aromatic heterocycles. The van der Waals surface area contributed by atoms with Crippen LogP contribution < -0.4 is 21.2 Å². The van der Waals surface area contributed by atoms with Crippen molar-refractivity contribution in [3.8, 4) is 0 Å². The van der Waals surface area contributed by atoms with E-state index in [1.54, 1.807) is 0 Å². The first-order valence-electron chi connectivity index (χ1n) is 10.2. The van der Waals surface area contributed by atoms with Gasteiger partial charge < -0.3 is 0 Å². The van der Waals surface area contributed by atoms with E-state index < -0.39 is 6.83 Å². The van der Waals surface area contributed by atoms with Crippen LogP contribution in [0.3, 0.4) is 0 Å². The summed E-state index contributed by atoms with van der Waals surface area (Å²) < 4.78 is 7.24. The molecule has 0 aliphatic rings. The molecular formula is C27H27OP. The maximum absolute atomic E-state index is 7.24. The van der Waals surface area contributed by atoms with Gasteiger partial charge in [-0.25, -0.2) is 0 Å². The number of hydrogen-bond acceptors (Lipinski definition) is 1. The molecule has 0 fully saturated rings. The summed E-state index contributed by atoms with van der Waals surface area (Å²) in [4.78, 5) is 0. The number of hydrogen-bond donors (Lipinski definition) is 0. The molecule has 0 saturated carbocycles. The molecule has 0 spiro atoms. The third kappa shape index (κ3) is 3.02. The Bertz CT molecular complexity index is 861. The van der Waals surface area contributed by atoms with Gasteiger partial charge in [-0.05, 0) is 0 Å². The molecule has 146 valence electrons. The molecule has 2 heteroatoms. The average molecular weight is 398 g/mol. The summed E-state index contributed by atoms with van der Waals surface area (Å²) in [6.07, 6.45) is 0.956. The second kappa shape index (κ2) is 8.33. The quantitative estimate of drug-likeness (QED) is 0.390. The van der Waals surface area contributed by atoms with Crippen molar-refractivity contribution in [2.75, 3.05) is 6.61 Å². The second-order valence-corrected chi connectivity index (χ2v) is 11.6. The van der Waals surface area contributed by atoms with E-state index in [2.05, 4.69) is 128 Å². The van der Waals surface area contributed by atoms with Gasteiger partial charge in [0.25, 0.3) is 0 Å². The Balaban J connectivity index is 2.25. The molecule has 0 bridgehead atoms. The van der Waals surface area contributed by atoms with Crippen LogP contribution in [-0.4, -0.2) is 6.61 Å². The molecule has 0 heterocycles. The van der Waals surface area contributed by atoms with Gasteiger partial charge in [-0.15, -0.1) is 0 Å². The summed E-state index contributed by atoms with van der Waals surface area (Å²) in [5, 5.41) is 4.93. The summed E-state index contributed by atoms with van der Waals surface area (Å²) in [6, 6.07) is 43.2. The van der Waals surface area contributed by atoms with Gasteiger partial charge in [0.05, 0.1) is 0 Å². The molecule has 0 aliphatic carbocycles. The van der Waals surface area contributed by atoms with E-state index in [1.807, 2.05) is 0 Å². The molecular weight excluding hydrogens is 371 g/mol. The molecule has 4 aromatic carbocycles. The van der Waals surface area contributed by atoms with Crippen LogP contribution in [0.1, 0.15) is 13.3 Å². The normalized spacial score (nSPS) is 12.8. The van der Waals surface area contributed by atoms with Gasteiger partial charge in [0, 0.05) is 0 Å². The molecule has 1 nitrogen and oxygen atoms in total. The topological polar surface area (TPSA) is 9.23 Å². The van der Waals surface area contributed by atoms with Crippen molar-refractivity contribution in [3.63, 3.8) is 0 Å². The molecule has 0 N–H and O–H groups in total. The Kier molecular flexibility index (Phi) is 5.62. The van der Waals surface area contributed by atoms with Gasteiger partial charge in [0.15, 0.2) is 0 Å². The Morgan fingerprint density at radius 1 is 0.483 bits per heavy atom. The van der Waals surface area contributed by atoms with Crippen molar-refractivity contribution >= 4 is 28.0 Å². The zero-order valence-electron chi connectivity index (χ0n) is 16.8. The van der Waals surface area contributed by atoms with Crippen molar-refractivity contribution in [3.05, 3.63) is 121 Å². The van der Waals surface area contributed by atoms with E-state index in [0.717, 1.165) is 6.42 Å². The molecule has 0 saturated heterocycles. The van der Waals surface area contributed by atoms with Crippen LogP contribution in [0.5, 0.6) is 0 Å². The Hall–Kier alpha value is -2.73. The fraction of sp³-hybridized carbons (Fsp3) is 0.111. The van der Waals surface area contributed by atoms with Crippen LogP contribution in [-0.2, 0) is 4.52 Å². The van der Waals surface area contributed by atoms with Crippen LogP contribution in [0.15, 0.2) is 121 Å². The average Bonchev–Trinajstić information content (AvgIpc) is 2.83. The number of benzene rings is 4. The third-order valence-corrected chi connectivity index (χ3v) is 11.4.